The van der Waals surface area contributed by atoms with Crippen molar-refractivity contribution in [1.29, 1.82) is 0 Å². The van der Waals surface area contributed by atoms with E-state index in [4.69, 9.17) is 4.74 Å². The SMILES string of the molecule is C=C/C=C\N(C=C)CCCCC(=C)CCCCCCOC(=O)C(CCCCCC)CCCCCCCC. The average Bonchev–Trinajstić information content (AvgIpc) is 2.90. The summed E-state index contributed by atoms with van der Waals surface area (Å²) in [4.78, 5) is 14.8. The molecule has 0 aromatic carbocycles. The van der Waals surface area contributed by atoms with Gasteiger partial charge in [-0.1, -0.05) is 122 Å². The highest BCUT2D eigenvalue weighted by Crippen LogP contribution is 2.21. The summed E-state index contributed by atoms with van der Waals surface area (Å²) >= 11 is 0. The van der Waals surface area contributed by atoms with Crippen molar-refractivity contribution in [3.8, 4) is 0 Å². The predicted octanol–water partition coefficient (Wildman–Crippen LogP) is 10.7. The fourth-order valence-corrected chi connectivity index (χ4v) is 4.68. The van der Waals surface area contributed by atoms with Crippen molar-refractivity contribution >= 4 is 5.97 Å². The monoisotopic (exact) mass is 515 g/mol. The molecule has 0 saturated heterocycles. The molecular weight excluding hydrogens is 454 g/mol. The number of carbonyl (C=O) groups is 1. The van der Waals surface area contributed by atoms with Gasteiger partial charge < -0.3 is 9.64 Å². The van der Waals surface area contributed by atoms with Crippen molar-refractivity contribution in [3.05, 3.63) is 49.9 Å². The molecule has 0 radical (unpaired) electrons. The normalized spacial score (nSPS) is 11.9. The lowest BCUT2D eigenvalue weighted by Crippen LogP contribution is -2.18. The van der Waals surface area contributed by atoms with Crippen LogP contribution in [0.1, 0.15) is 142 Å². The van der Waals surface area contributed by atoms with E-state index in [1.54, 1.807) is 6.08 Å². The molecular formula is C34H61NO2. The van der Waals surface area contributed by atoms with Gasteiger partial charge in [-0.25, -0.2) is 0 Å². The molecule has 0 aliphatic carbocycles. The molecule has 0 aliphatic heterocycles. The molecule has 0 bridgehead atoms. The molecule has 3 heteroatoms. The van der Waals surface area contributed by atoms with E-state index in [1.807, 2.05) is 18.5 Å². The quantitative estimate of drug-likeness (QED) is 0.0449. The number of nitrogens with zero attached hydrogens (tertiary/aromatic N) is 1. The smallest absolute Gasteiger partial charge is 0.308 e. The molecule has 1 unspecified atom stereocenters. The number of unbranched alkanes of at least 4 members (excludes halogenated alkanes) is 12. The molecule has 0 heterocycles. The number of esters is 1. The summed E-state index contributed by atoms with van der Waals surface area (Å²) in [6.07, 6.45) is 31.2. The first-order valence-corrected chi connectivity index (χ1v) is 15.6. The van der Waals surface area contributed by atoms with Gasteiger partial charge in [-0.3, -0.25) is 4.79 Å². The number of allylic oxidation sites excluding steroid dienone is 3. The van der Waals surface area contributed by atoms with Crippen LogP contribution in [0.3, 0.4) is 0 Å². The van der Waals surface area contributed by atoms with E-state index >= 15 is 0 Å². The van der Waals surface area contributed by atoms with E-state index in [9.17, 15) is 4.79 Å². The number of hydrogen-bond acceptors (Lipinski definition) is 3. The van der Waals surface area contributed by atoms with Gasteiger partial charge in [0, 0.05) is 12.7 Å². The second-order valence-corrected chi connectivity index (χ2v) is 10.6. The minimum atomic E-state index is 0.0634. The zero-order valence-corrected chi connectivity index (χ0v) is 24.8. The number of rotatable bonds is 28. The van der Waals surface area contributed by atoms with Gasteiger partial charge in [-0.15, -0.1) is 0 Å². The van der Waals surface area contributed by atoms with Crippen molar-refractivity contribution in [1.82, 2.24) is 4.90 Å². The zero-order chi connectivity index (χ0) is 27.4. The van der Waals surface area contributed by atoms with Crippen LogP contribution in [0, 0.1) is 5.92 Å². The van der Waals surface area contributed by atoms with Gasteiger partial charge in [0.2, 0.25) is 0 Å². The third-order valence-electron chi connectivity index (χ3n) is 7.16. The average molecular weight is 516 g/mol. The Balaban J connectivity index is 3.95. The van der Waals surface area contributed by atoms with Crippen LogP contribution < -0.4 is 0 Å². The summed E-state index contributed by atoms with van der Waals surface area (Å²) in [5, 5.41) is 0. The molecule has 0 N–H and O–H groups in total. The second kappa shape index (κ2) is 27.3. The lowest BCUT2D eigenvalue weighted by molar-refractivity contribution is -0.149. The Morgan fingerprint density at radius 1 is 0.757 bits per heavy atom. The summed E-state index contributed by atoms with van der Waals surface area (Å²) in [6.45, 7) is 17.9. The Kier molecular flexibility index (Phi) is 26.0. The highest BCUT2D eigenvalue weighted by Gasteiger charge is 2.19. The molecule has 0 saturated carbocycles. The van der Waals surface area contributed by atoms with Gasteiger partial charge in [0.15, 0.2) is 0 Å². The third kappa shape index (κ3) is 23.1. The summed E-state index contributed by atoms with van der Waals surface area (Å²) in [7, 11) is 0. The molecule has 0 aliphatic rings. The molecule has 0 fully saturated rings. The Morgan fingerprint density at radius 2 is 1.30 bits per heavy atom. The lowest BCUT2D eigenvalue weighted by atomic mass is 9.94. The molecule has 37 heavy (non-hydrogen) atoms. The Labute approximate surface area is 231 Å². The molecule has 0 aromatic rings. The largest absolute Gasteiger partial charge is 0.465 e. The van der Waals surface area contributed by atoms with Gasteiger partial charge in [-0.2, -0.15) is 0 Å². The Hall–Kier alpha value is -1.77. The lowest BCUT2D eigenvalue weighted by Gasteiger charge is -2.16. The first kappa shape index (κ1) is 35.2. The highest BCUT2D eigenvalue weighted by atomic mass is 16.5. The molecule has 1 atom stereocenters. The zero-order valence-electron chi connectivity index (χ0n) is 24.8. The van der Waals surface area contributed by atoms with Crippen molar-refractivity contribution in [2.24, 2.45) is 5.92 Å². The maximum atomic E-state index is 12.7. The van der Waals surface area contributed by atoms with Gasteiger partial charge in [0.25, 0.3) is 0 Å². The Bertz CT molecular complexity index is 595. The van der Waals surface area contributed by atoms with Crippen LogP contribution in [0.25, 0.3) is 0 Å². The van der Waals surface area contributed by atoms with Crippen LogP contribution >= 0.6 is 0 Å². The Morgan fingerprint density at radius 3 is 1.92 bits per heavy atom. The fraction of sp³-hybridized carbons (Fsp3) is 0.735. The van der Waals surface area contributed by atoms with Gasteiger partial charge in [0.1, 0.15) is 0 Å². The van der Waals surface area contributed by atoms with Crippen LogP contribution in [0.2, 0.25) is 0 Å². The van der Waals surface area contributed by atoms with Gasteiger partial charge in [-0.05, 0) is 63.6 Å². The maximum Gasteiger partial charge on any atom is 0.308 e. The van der Waals surface area contributed by atoms with E-state index < -0.39 is 0 Å². The molecule has 0 spiro atoms. The van der Waals surface area contributed by atoms with E-state index in [1.165, 1.54) is 82.6 Å². The highest BCUT2D eigenvalue weighted by molar-refractivity contribution is 5.72. The van der Waals surface area contributed by atoms with Crippen LogP contribution in [0.15, 0.2) is 49.9 Å². The number of carbonyl (C=O) groups excluding carboxylic acids is 1. The number of hydrogen-bond donors (Lipinski definition) is 0. The van der Waals surface area contributed by atoms with Crippen molar-refractivity contribution in [2.45, 2.75) is 142 Å². The predicted molar refractivity (Wildman–Crippen MR) is 164 cm³/mol. The number of ether oxygens (including phenoxy) is 1. The molecule has 0 aromatic heterocycles. The first-order valence-electron chi connectivity index (χ1n) is 15.6. The first-order chi connectivity index (χ1) is 18.1. The van der Waals surface area contributed by atoms with E-state index in [-0.39, 0.29) is 11.9 Å². The summed E-state index contributed by atoms with van der Waals surface area (Å²) in [5.41, 5.74) is 1.36. The van der Waals surface area contributed by atoms with E-state index in [0.717, 1.165) is 57.9 Å². The minimum absolute atomic E-state index is 0.0634. The molecule has 214 valence electrons. The van der Waals surface area contributed by atoms with Crippen molar-refractivity contribution < 1.29 is 9.53 Å². The summed E-state index contributed by atoms with van der Waals surface area (Å²) < 4.78 is 5.73. The van der Waals surface area contributed by atoms with Crippen LogP contribution in [0.4, 0.5) is 0 Å². The van der Waals surface area contributed by atoms with Crippen LogP contribution in [-0.2, 0) is 9.53 Å². The summed E-state index contributed by atoms with van der Waals surface area (Å²) in [6, 6.07) is 0. The standard InChI is InChI=1S/C34H61NO2/c1-6-10-13-15-16-21-28-33(27-20-14-11-7-2)34(36)37-31-24-18-17-19-25-32(5)26-22-23-30-35(9-4)29-12-8-3/h8-9,12,29,33H,3-7,10-11,13-28,30-31H2,1-2H3/b29-12-. The van der Waals surface area contributed by atoms with Crippen molar-refractivity contribution in [3.63, 3.8) is 0 Å². The van der Waals surface area contributed by atoms with Crippen molar-refractivity contribution in [2.75, 3.05) is 13.2 Å². The van der Waals surface area contributed by atoms with Gasteiger partial charge in [0.05, 0.1) is 12.5 Å². The fourth-order valence-electron chi connectivity index (χ4n) is 4.68. The molecule has 3 nitrogen and oxygen atoms in total. The van der Waals surface area contributed by atoms with E-state index in [0.29, 0.717) is 6.61 Å². The van der Waals surface area contributed by atoms with Crippen LogP contribution in [-0.4, -0.2) is 24.0 Å². The topological polar surface area (TPSA) is 29.5 Å². The summed E-state index contributed by atoms with van der Waals surface area (Å²) in [5.74, 6) is 0.177. The van der Waals surface area contributed by atoms with Crippen LogP contribution in [0.5, 0.6) is 0 Å². The molecule has 0 amide bonds. The third-order valence-corrected chi connectivity index (χ3v) is 7.16. The maximum absolute atomic E-state index is 12.7. The molecule has 0 rings (SSSR count). The van der Waals surface area contributed by atoms with Gasteiger partial charge >= 0.3 is 5.97 Å². The van der Waals surface area contributed by atoms with E-state index in [2.05, 4.69) is 38.5 Å². The second-order valence-electron chi connectivity index (χ2n) is 10.6. The minimum Gasteiger partial charge on any atom is -0.465 e.